The zero-order chi connectivity index (χ0) is 20.8. The Balaban J connectivity index is 1.81. The second kappa shape index (κ2) is 9.07. The van der Waals surface area contributed by atoms with Crippen molar-refractivity contribution in [3.05, 3.63) is 126 Å². The predicted molar refractivity (Wildman–Crippen MR) is 127 cm³/mol. The van der Waals surface area contributed by atoms with Gasteiger partial charge in [-0.2, -0.15) is 0 Å². The minimum Gasteiger partial charge on any atom is -0.478 e. The molecule has 0 amide bonds. The number of aromatic carboxylic acids is 1. The molecule has 148 valence electrons. The van der Waals surface area contributed by atoms with Crippen LogP contribution in [0.5, 0.6) is 0 Å². The van der Waals surface area contributed by atoms with Gasteiger partial charge >= 0.3 is 5.97 Å². The Kier molecular flexibility index (Phi) is 6.07. The number of hydrogen-bond donors (Lipinski definition) is 1. The number of rotatable bonds is 7. The summed E-state index contributed by atoms with van der Waals surface area (Å²) in [7, 11) is -1.87. The molecule has 0 aliphatic heterocycles. The molecule has 0 unspecified atom stereocenters. The monoisotopic (exact) mass is 411 g/mol. The summed E-state index contributed by atoms with van der Waals surface area (Å²) >= 11 is 0. The van der Waals surface area contributed by atoms with Crippen LogP contribution in [-0.2, 0) is 6.42 Å². The average molecular weight is 411 g/mol. The van der Waals surface area contributed by atoms with Crippen molar-refractivity contribution in [2.24, 2.45) is 0 Å². The number of carboxylic acids is 1. The summed E-state index contributed by atoms with van der Waals surface area (Å²) in [6.07, 6.45) is 1.86. The van der Waals surface area contributed by atoms with Crippen LogP contribution in [0.2, 0.25) is 0 Å². The first-order chi connectivity index (χ1) is 14.7. The predicted octanol–water partition coefficient (Wildman–Crippen LogP) is 4.92. The van der Waals surface area contributed by atoms with Gasteiger partial charge in [0.1, 0.15) is 23.2 Å². The van der Waals surface area contributed by atoms with Crippen molar-refractivity contribution in [3.8, 4) is 0 Å². The van der Waals surface area contributed by atoms with E-state index in [0.29, 0.717) is 5.56 Å². The van der Waals surface area contributed by atoms with Crippen molar-refractivity contribution in [3.63, 3.8) is 0 Å². The number of benzene rings is 4. The maximum absolute atomic E-state index is 11.2. The van der Waals surface area contributed by atoms with Gasteiger partial charge in [-0.1, -0.05) is 66.7 Å². The van der Waals surface area contributed by atoms with Gasteiger partial charge in [0.25, 0.3) is 0 Å². The summed E-state index contributed by atoms with van der Waals surface area (Å²) in [6, 6.07) is 39.7. The van der Waals surface area contributed by atoms with Gasteiger partial charge in [0.05, 0.1) is 11.7 Å². The zero-order valence-corrected chi connectivity index (χ0v) is 17.6. The van der Waals surface area contributed by atoms with Crippen molar-refractivity contribution in [2.45, 2.75) is 6.42 Å². The van der Waals surface area contributed by atoms with Crippen LogP contribution >= 0.6 is 7.26 Å². The first-order valence-electron chi connectivity index (χ1n) is 10.1. The highest BCUT2D eigenvalue weighted by molar-refractivity contribution is 7.95. The Morgan fingerprint density at radius 1 is 0.600 bits per heavy atom. The molecule has 4 aromatic rings. The molecule has 0 heterocycles. The van der Waals surface area contributed by atoms with Gasteiger partial charge in [-0.05, 0) is 54.1 Å². The second-order valence-electron chi connectivity index (χ2n) is 7.29. The minimum absolute atomic E-state index is 0.328. The maximum atomic E-state index is 11.2. The van der Waals surface area contributed by atoms with Gasteiger partial charge in [0, 0.05) is 6.42 Å². The zero-order valence-electron chi connectivity index (χ0n) is 16.7. The van der Waals surface area contributed by atoms with E-state index in [1.807, 2.05) is 12.1 Å². The quantitative estimate of drug-likeness (QED) is 0.438. The SMILES string of the molecule is O=C(O)c1ccc(CC[P+](c2ccccc2)(c2ccccc2)c2ccccc2)cc1. The number of carboxylic acid groups (broad SMARTS) is 1. The Morgan fingerprint density at radius 3 is 1.37 bits per heavy atom. The molecule has 0 saturated carbocycles. The standard InChI is InChI=1S/C27H23O2P/c28-27(29)23-18-16-22(17-19-23)20-21-30(24-10-4-1-5-11-24,25-12-6-2-7-13-25)26-14-8-3-9-15-26/h1-19H,20-21H2/p+1. The van der Waals surface area contributed by atoms with E-state index >= 15 is 0 Å². The molecule has 0 fully saturated rings. The Labute approximate surface area is 178 Å². The molecule has 4 aromatic carbocycles. The van der Waals surface area contributed by atoms with E-state index in [9.17, 15) is 9.90 Å². The van der Waals surface area contributed by atoms with E-state index < -0.39 is 13.2 Å². The van der Waals surface area contributed by atoms with Gasteiger partial charge in [-0.3, -0.25) is 0 Å². The van der Waals surface area contributed by atoms with E-state index in [1.165, 1.54) is 15.9 Å². The van der Waals surface area contributed by atoms with Crippen LogP contribution in [0, 0.1) is 0 Å². The molecule has 0 atom stereocenters. The van der Waals surface area contributed by atoms with Gasteiger partial charge in [-0.15, -0.1) is 0 Å². The van der Waals surface area contributed by atoms with Crippen LogP contribution in [0.25, 0.3) is 0 Å². The van der Waals surface area contributed by atoms with Crippen molar-refractivity contribution in [2.75, 3.05) is 6.16 Å². The lowest BCUT2D eigenvalue weighted by Gasteiger charge is -2.27. The fraction of sp³-hybridized carbons (Fsp3) is 0.0741. The minimum atomic E-state index is -1.87. The normalized spacial score (nSPS) is 11.2. The molecule has 2 nitrogen and oxygen atoms in total. The number of carbonyl (C=O) groups is 1. The summed E-state index contributed by atoms with van der Waals surface area (Å²) in [4.78, 5) is 11.2. The lowest BCUT2D eigenvalue weighted by atomic mass is 10.1. The molecule has 0 aliphatic carbocycles. The van der Waals surface area contributed by atoms with E-state index in [2.05, 4.69) is 91.0 Å². The van der Waals surface area contributed by atoms with Crippen LogP contribution in [-0.4, -0.2) is 17.2 Å². The van der Waals surface area contributed by atoms with E-state index in [0.717, 1.165) is 18.1 Å². The lowest BCUT2D eigenvalue weighted by molar-refractivity contribution is 0.0697. The molecule has 0 spiro atoms. The highest BCUT2D eigenvalue weighted by atomic mass is 31.2. The maximum Gasteiger partial charge on any atom is 0.335 e. The van der Waals surface area contributed by atoms with Crippen LogP contribution < -0.4 is 15.9 Å². The molecular weight excluding hydrogens is 387 g/mol. The Morgan fingerprint density at radius 2 is 1.00 bits per heavy atom. The third-order valence-corrected chi connectivity index (χ3v) is 9.96. The number of hydrogen-bond acceptors (Lipinski definition) is 1. The Hall–Kier alpha value is -3.22. The summed E-state index contributed by atoms with van der Waals surface area (Å²) < 4.78 is 0. The molecule has 0 radical (unpaired) electrons. The lowest BCUT2D eigenvalue weighted by Crippen LogP contribution is -2.34. The van der Waals surface area contributed by atoms with Gasteiger partial charge in [0.2, 0.25) is 0 Å². The van der Waals surface area contributed by atoms with Crippen LogP contribution in [0.3, 0.4) is 0 Å². The van der Waals surface area contributed by atoms with Gasteiger partial charge in [0.15, 0.2) is 0 Å². The van der Waals surface area contributed by atoms with Crippen LogP contribution in [0.15, 0.2) is 115 Å². The number of aryl methyl sites for hydroxylation is 1. The van der Waals surface area contributed by atoms with Crippen LogP contribution in [0.4, 0.5) is 0 Å². The van der Waals surface area contributed by atoms with Crippen molar-refractivity contribution in [1.82, 2.24) is 0 Å². The molecule has 3 heteroatoms. The summed E-state index contributed by atoms with van der Waals surface area (Å²) in [5, 5.41) is 13.3. The molecule has 30 heavy (non-hydrogen) atoms. The van der Waals surface area contributed by atoms with Crippen molar-refractivity contribution >= 4 is 29.1 Å². The van der Waals surface area contributed by atoms with E-state index in [4.69, 9.17) is 0 Å². The molecular formula is C27H24O2P+. The topological polar surface area (TPSA) is 37.3 Å². The average Bonchev–Trinajstić information content (AvgIpc) is 2.82. The first-order valence-corrected chi connectivity index (χ1v) is 12.0. The van der Waals surface area contributed by atoms with Gasteiger partial charge in [-0.25, -0.2) is 4.79 Å². The third kappa shape index (κ3) is 4.06. The summed E-state index contributed by atoms with van der Waals surface area (Å²) in [5.74, 6) is -0.888. The summed E-state index contributed by atoms with van der Waals surface area (Å²) in [5.41, 5.74) is 1.49. The molecule has 0 aromatic heterocycles. The Bertz CT molecular complexity index is 995. The summed E-state index contributed by atoms with van der Waals surface area (Å²) in [6.45, 7) is 0. The molecule has 0 aliphatic rings. The van der Waals surface area contributed by atoms with E-state index in [1.54, 1.807) is 12.1 Å². The first kappa shape index (κ1) is 20.1. The van der Waals surface area contributed by atoms with Gasteiger partial charge < -0.3 is 5.11 Å². The van der Waals surface area contributed by atoms with Crippen LogP contribution in [0.1, 0.15) is 15.9 Å². The highest BCUT2D eigenvalue weighted by Crippen LogP contribution is 2.55. The molecule has 0 bridgehead atoms. The third-order valence-electron chi connectivity index (χ3n) is 5.53. The fourth-order valence-corrected chi connectivity index (χ4v) is 8.30. The molecule has 4 rings (SSSR count). The van der Waals surface area contributed by atoms with E-state index in [-0.39, 0.29) is 0 Å². The van der Waals surface area contributed by atoms with Crippen molar-refractivity contribution in [1.29, 1.82) is 0 Å². The largest absolute Gasteiger partial charge is 0.478 e. The van der Waals surface area contributed by atoms with Crippen molar-refractivity contribution < 1.29 is 9.90 Å². The smallest absolute Gasteiger partial charge is 0.335 e. The fourth-order valence-electron chi connectivity index (χ4n) is 3.99. The second-order valence-corrected chi connectivity index (χ2v) is 10.9. The highest BCUT2D eigenvalue weighted by Gasteiger charge is 2.44. The molecule has 0 saturated heterocycles. The molecule has 1 N–H and O–H groups in total.